The topological polar surface area (TPSA) is 45.5 Å². The van der Waals surface area contributed by atoms with Gasteiger partial charge in [0.1, 0.15) is 0 Å². The average molecular weight is 300 g/mol. The van der Waals surface area contributed by atoms with Gasteiger partial charge in [-0.15, -0.1) is 0 Å². The van der Waals surface area contributed by atoms with E-state index in [9.17, 15) is 4.79 Å². The molecule has 1 N–H and O–H groups in total. The lowest BCUT2D eigenvalue weighted by molar-refractivity contribution is 0.0731. The van der Waals surface area contributed by atoms with E-state index < -0.39 is 0 Å². The molecule has 0 saturated heterocycles. The number of aliphatic hydroxyl groups is 1. The van der Waals surface area contributed by atoms with Crippen LogP contribution >= 0.6 is 0 Å². The molecule has 0 aliphatic rings. The first-order chi connectivity index (χ1) is 10.5. The third kappa shape index (κ3) is 2.92. The monoisotopic (exact) mass is 300 g/mol. The second-order valence-corrected chi connectivity index (χ2v) is 5.52. The first kappa shape index (κ1) is 16.3. The predicted molar refractivity (Wildman–Crippen MR) is 88.6 cm³/mol. The molecule has 0 spiro atoms. The molecule has 0 atom stereocenters. The Bertz CT molecular complexity index is 674. The minimum absolute atomic E-state index is 0.0177. The van der Waals surface area contributed by atoms with Gasteiger partial charge < -0.3 is 14.6 Å². The van der Waals surface area contributed by atoms with Crippen molar-refractivity contribution >= 4 is 5.91 Å². The summed E-state index contributed by atoms with van der Waals surface area (Å²) >= 11 is 0. The molecule has 0 bridgehead atoms. The van der Waals surface area contributed by atoms with Gasteiger partial charge in [-0.2, -0.15) is 0 Å². The molecule has 1 amide bonds. The standard InChI is InChI=1S/C18H24N2O2/c1-5-19(10-11-21)18(22)16-12-14(3)20(15(16)4)17-9-7-6-8-13(17)2/h6-9,12,21H,5,10-11H2,1-4H3. The number of hydrogen-bond donors (Lipinski definition) is 1. The number of benzene rings is 1. The molecule has 0 aliphatic carbocycles. The largest absolute Gasteiger partial charge is 0.395 e. The van der Waals surface area contributed by atoms with Gasteiger partial charge in [0.15, 0.2) is 0 Å². The predicted octanol–water partition coefficient (Wildman–Crippen LogP) is 2.86. The molecule has 0 saturated carbocycles. The van der Waals surface area contributed by atoms with Crippen LogP contribution in [0.15, 0.2) is 30.3 Å². The molecule has 0 fully saturated rings. The van der Waals surface area contributed by atoms with E-state index in [1.807, 2.05) is 39.0 Å². The molecule has 118 valence electrons. The molecule has 2 aromatic rings. The summed E-state index contributed by atoms with van der Waals surface area (Å²) in [5.41, 5.74) is 4.95. The normalized spacial score (nSPS) is 10.8. The summed E-state index contributed by atoms with van der Waals surface area (Å²) in [5.74, 6) is -0.0236. The number of aliphatic hydroxyl groups excluding tert-OH is 1. The SMILES string of the molecule is CCN(CCO)C(=O)c1cc(C)n(-c2ccccc2C)c1C. The first-order valence-electron chi connectivity index (χ1n) is 7.66. The fourth-order valence-corrected chi connectivity index (χ4v) is 2.86. The minimum Gasteiger partial charge on any atom is -0.395 e. The first-order valence-corrected chi connectivity index (χ1v) is 7.66. The van der Waals surface area contributed by atoms with Gasteiger partial charge in [0.2, 0.25) is 0 Å². The zero-order valence-corrected chi connectivity index (χ0v) is 13.8. The van der Waals surface area contributed by atoms with Gasteiger partial charge in [-0.1, -0.05) is 18.2 Å². The van der Waals surface area contributed by atoms with Gasteiger partial charge in [-0.05, 0) is 45.4 Å². The van der Waals surface area contributed by atoms with Crippen molar-refractivity contribution < 1.29 is 9.90 Å². The van der Waals surface area contributed by atoms with Crippen LogP contribution < -0.4 is 0 Å². The van der Waals surface area contributed by atoms with Gasteiger partial charge in [-0.25, -0.2) is 0 Å². The lowest BCUT2D eigenvalue weighted by Gasteiger charge is -2.20. The van der Waals surface area contributed by atoms with E-state index in [1.54, 1.807) is 4.90 Å². The molecule has 1 heterocycles. The van der Waals surface area contributed by atoms with Crippen LogP contribution in [-0.4, -0.2) is 40.2 Å². The number of aromatic nitrogens is 1. The maximum Gasteiger partial charge on any atom is 0.255 e. The Kier molecular flexibility index (Phi) is 5.03. The van der Waals surface area contributed by atoms with E-state index in [4.69, 9.17) is 5.11 Å². The van der Waals surface area contributed by atoms with E-state index in [2.05, 4.69) is 23.6 Å². The average Bonchev–Trinajstić information content (AvgIpc) is 2.80. The number of hydrogen-bond acceptors (Lipinski definition) is 2. The van der Waals surface area contributed by atoms with E-state index in [0.29, 0.717) is 18.7 Å². The van der Waals surface area contributed by atoms with Crippen molar-refractivity contribution in [3.63, 3.8) is 0 Å². The molecule has 0 aliphatic heterocycles. The van der Waals surface area contributed by atoms with Crippen molar-refractivity contribution in [1.29, 1.82) is 0 Å². The number of rotatable bonds is 5. The zero-order valence-electron chi connectivity index (χ0n) is 13.8. The molecule has 4 heteroatoms. The fraction of sp³-hybridized carbons (Fsp3) is 0.389. The molecule has 1 aromatic heterocycles. The number of para-hydroxylation sites is 1. The summed E-state index contributed by atoms with van der Waals surface area (Å²) in [6.07, 6.45) is 0. The third-order valence-electron chi connectivity index (χ3n) is 4.06. The molecular weight excluding hydrogens is 276 g/mol. The molecular formula is C18H24N2O2. The van der Waals surface area contributed by atoms with Gasteiger partial charge in [-0.3, -0.25) is 4.79 Å². The quantitative estimate of drug-likeness (QED) is 0.923. The number of carbonyl (C=O) groups is 1. The van der Waals surface area contributed by atoms with Gasteiger partial charge in [0, 0.05) is 30.2 Å². The number of carbonyl (C=O) groups excluding carboxylic acids is 1. The minimum atomic E-state index is -0.0236. The second-order valence-electron chi connectivity index (χ2n) is 5.52. The van der Waals surface area contributed by atoms with Crippen LogP contribution in [0.4, 0.5) is 0 Å². The van der Waals surface area contributed by atoms with Crippen molar-refractivity contribution in [3.05, 3.63) is 52.8 Å². The highest BCUT2D eigenvalue weighted by molar-refractivity contribution is 5.96. The Balaban J connectivity index is 2.48. The number of amides is 1. The van der Waals surface area contributed by atoms with Gasteiger partial charge in [0.25, 0.3) is 5.91 Å². The van der Waals surface area contributed by atoms with Gasteiger partial charge >= 0.3 is 0 Å². The van der Waals surface area contributed by atoms with Crippen molar-refractivity contribution in [3.8, 4) is 5.69 Å². The van der Waals surface area contributed by atoms with Crippen LogP contribution in [0.5, 0.6) is 0 Å². The van der Waals surface area contributed by atoms with Gasteiger partial charge in [0.05, 0.1) is 12.2 Å². The van der Waals surface area contributed by atoms with Crippen LogP contribution in [0.3, 0.4) is 0 Å². The van der Waals surface area contributed by atoms with E-state index in [0.717, 1.165) is 17.1 Å². The highest BCUT2D eigenvalue weighted by atomic mass is 16.3. The summed E-state index contributed by atoms with van der Waals surface area (Å²) in [6, 6.07) is 10.1. The van der Waals surface area contributed by atoms with Crippen molar-refractivity contribution in [2.45, 2.75) is 27.7 Å². The van der Waals surface area contributed by atoms with Crippen LogP contribution in [-0.2, 0) is 0 Å². The molecule has 0 unspecified atom stereocenters. The summed E-state index contributed by atoms with van der Waals surface area (Å²) in [5, 5.41) is 9.11. The molecule has 2 rings (SSSR count). The summed E-state index contributed by atoms with van der Waals surface area (Å²) < 4.78 is 2.12. The molecule has 4 nitrogen and oxygen atoms in total. The summed E-state index contributed by atoms with van der Waals surface area (Å²) in [7, 11) is 0. The maximum absolute atomic E-state index is 12.7. The van der Waals surface area contributed by atoms with Crippen molar-refractivity contribution in [2.24, 2.45) is 0 Å². The lowest BCUT2D eigenvalue weighted by Crippen LogP contribution is -2.33. The Morgan fingerprint density at radius 3 is 2.50 bits per heavy atom. The van der Waals surface area contributed by atoms with Crippen LogP contribution in [0.25, 0.3) is 5.69 Å². The Labute approximate surface area is 132 Å². The van der Waals surface area contributed by atoms with Crippen molar-refractivity contribution in [1.82, 2.24) is 9.47 Å². The third-order valence-corrected chi connectivity index (χ3v) is 4.06. The summed E-state index contributed by atoms with van der Waals surface area (Å²) in [6.45, 7) is 8.92. The number of aryl methyl sites for hydroxylation is 2. The number of nitrogens with zero attached hydrogens (tertiary/aromatic N) is 2. The molecule has 22 heavy (non-hydrogen) atoms. The maximum atomic E-state index is 12.7. The number of likely N-dealkylation sites (N-methyl/N-ethyl adjacent to an activating group) is 1. The van der Waals surface area contributed by atoms with Crippen LogP contribution in [0.1, 0.15) is 34.2 Å². The second kappa shape index (κ2) is 6.79. The zero-order chi connectivity index (χ0) is 16.3. The lowest BCUT2D eigenvalue weighted by atomic mass is 10.2. The van der Waals surface area contributed by atoms with E-state index in [1.165, 1.54) is 5.56 Å². The van der Waals surface area contributed by atoms with E-state index in [-0.39, 0.29) is 12.5 Å². The Morgan fingerprint density at radius 2 is 1.91 bits per heavy atom. The summed E-state index contributed by atoms with van der Waals surface area (Å²) in [4.78, 5) is 14.3. The smallest absolute Gasteiger partial charge is 0.255 e. The Hall–Kier alpha value is -2.07. The molecule has 0 radical (unpaired) electrons. The van der Waals surface area contributed by atoms with Crippen LogP contribution in [0.2, 0.25) is 0 Å². The molecule has 1 aromatic carbocycles. The van der Waals surface area contributed by atoms with Crippen LogP contribution in [0, 0.1) is 20.8 Å². The highest BCUT2D eigenvalue weighted by Crippen LogP contribution is 2.24. The highest BCUT2D eigenvalue weighted by Gasteiger charge is 2.21. The Morgan fingerprint density at radius 1 is 1.23 bits per heavy atom. The fourth-order valence-electron chi connectivity index (χ4n) is 2.86. The van der Waals surface area contributed by atoms with Crippen molar-refractivity contribution in [2.75, 3.05) is 19.7 Å². The van der Waals surface area contributed by atoms with E-state index >= 15 is 0 Å².